The zero-order valence-electron chi connectivity index (χ0n) is 16.5. The molecule has 2 N–H and O–H groups in total. The molecule has 5 heteroatoms. The van der Waals surface area contributed by atoms with Crippen molar-refractivity contribution in [2.24, 2.45) is 5.73 Å². The lowest BCUT2D eigenvalue weighted by Gasteiger charge is -2.31. The lowest BCUT2D eigenvalue weighted by Crippen LogP contribution is -3.00. The average Bonchev–Trinajstić information content (AvgIpc) is 3.04. The Kier molecular flexibility index (Phi) is 7.80. The standard InChI is InChI=1S/C23H27N3O.HI/c1-3-15-25-17-18-26(19(25)2)16-14-23(22(24)27,20-10-6-4-7-11-20)21-12-8-5-9-13-21;/h4-13,17-18H,3,14-16H2,1-2H3,(H-,24,27);1H. The van der Waals surface area contributed by atoms with Crippen LogP contribution in [-0.2, 0) is 23.3 Å². The molecule has 0 saturated carbocycles. The SMILES string of the molecule is CCC[n+]1ccn(CCC(C(N)=O)(c2ccccc2)c2ccccc2)c1C.[I-]. The molecule has 0 aliphatic rings. The van der Waals surface area contributed by atoms with Gasteiger partial charge in [0, 0.05) is 13.3 Å². The van der Waals surface area contributed by atoms with Crippen LogP contribution in [0.25, 0.3) is 0 Å². The number of hydrogen-bond donors (Lipinski definition) is 1. The number of carbonyl (C=O) groups excluding carboxylic acids is 1. The molecule has 0 aliphatic heterocycles. The molecule has 2 aromatic carbocycles. The molecular formula is C23H28IN3O. The van der Waals surface area contributed by atoms with Gasteiger partial charge >= 0.3 is 0 Å². The minimum absolute atomic E-state index is 0. The summed E-state index contributed by atoms with van der Waals surface area (Å²) < 4.78 is 4.45. The zero-order chi connectivity index (χ0) is 19.3. The molecule has 0 atom stereocenters. The fourth-order valence-electron chi connectivity index (χ4n) is 3.85. The van der Waals surface area contributed by atoms with Crippen LogP contribution >= 0.6 is 0 Å². The summed E-state index contributed by atoms with van der Waals surface area (Å²) >= 11 is 0. The van der Waals surface area contributed by atoms with Crippen LogP contribution in [0.1, 0.15) is 36.7 Å². The number of hydrogen-bond acceptors (Lipinski definition) is 1. The number of aromatic nitrogens is 2. The number of nitrogens with zero attached hydrogens (tertiary/aromatic N) is 2. The van der Waals surface area contributed by atoms with Crippen LogP contribution in [0.5, 0.6) is 0 Å². The first-order chi connectivity index (χ1) is 13.1. The second-order valence-corrected chi connectivity index (χ2v) is 6.98. The van der Waals surface area contributed by atoms with Gasteiger partial charge in [-0.05, 0) is 17.5 Å². The van der Waals surface area contributed by atoms with Crippen molar-refractivity contribution in [2.45, 2.75) is 45.2 Å². The van der Waals surface area contributed by atoms with Gasteiger partial charge in [-0.15, -0.1) is 0 Å². The van der Waals surface area contributed by atoms with Crippen molar-refractivity contribution in [3.8, 4) is 0 Å². The molecule has 3 rings (SSSR count). The minimum Gasteiger partial charge on any atom is -1.00 e. The predicted molar refractivity (Wildman–Crippen MR) is 107 cm³/mol. The van der Waals surface area contributed by atoms with E-state index in [9.17, 15) is 4.79 Å². The highest BCUT2D eigenvalue weighted by molar-refractivity contribution is 5.90. The molecule has 0 saturated heterocycles. The molecule has 148 valence electrons. The van der Waals surface area contributed by atoms with Gasteiger partial charge in [-0.3, -0.25) is 4.79 Å². The van der Waals surface area contributed by atoms with Crippen molar-refractivity contribution < 1.29 is 33.3 Å². The highest BCUT2D eigenvalue weighted by atomic mass is 127. The Morgan fingerprint density at radius 1 is 1.04 bits per heavy atom. The molecule has 0 fully saturated rings. The molecule has 0 aliphatic carbocycles. The summed E-state index contributed by atoms with van der Waals surface area (Å²) in [6.45, 7) is 6.01. The van der Waals surface area contributed by atoms with Gasteiger partial charge in [-0.2, -0.15) is 0 Å². The smallest absolute Gasteiger partial charge is 0.253 e. The first-order valence-corrected chi connectivity index (χ1v) is 9.55. The van der Waals surface area contributed by atoms with Crippen molar-refractivity contribution >= 4 is 5.91 Å². The van der Waals surface area contributed by atoms with E-state index < -0.39 is 5.41 Å². The molecule has 0 unspecified atom stereocenters. The predicted octanol–water partition coefficient (Wildman–Crippen LogP) is 0.360. The van der Waals surface area contributed by atoms with Gasteiger partial charge in [-0.1, -0.05) is 67.6 Å². The largest absolute Gasteiger partial charge is 1.00 e. The van der Waals surface area contributed by atoms with Crippen LogP contribution in [0.15, 0.2) is 73.1 Å². The van der Waals surface area contributed by atoms with Gasteiger partial charge in [0.1, 0.15) is 17.8 Å². The van der Waals surface area contributed by atoms with Crippen LogP contribution in [-0.4, -0.2) is 10.5 Å². The lowest BCUT2D eigenvalue weighted by atomic mass is 9.71. The summed E-state index contributed by atoms with van der Waals surface area (Å²) in [6.07, 6.45) is 5.90. The highest BCUT2D eigenvalue weighted by Crippen LogP contribution is 2.36. The second kappa shape index (κ2) is 9.87. The number of nitrogens with two attached hydrogens (primary N) is 1. The normalized spacial score (nSPS) is 11.1. The molecule has 28 heavy (non-hydrogen) atoms. The number of halogens is 1. The topological polar surface area (TPSA) is 51.9 Å². The van der Waals surface area contributed by atoms with Crippen LogP contribution in [0, 0.1) is 6.92 Å². The van der Waals surface area contributed by atoms with E-state index in [0.29, 0.717) is 6.42 Å². The summed E-state index contributed by atoms with van der Waals surface area (Å²) in [5.41, 5.74) is 7.06. The van der Waals surface area contributed by atoms with Gasteiger partial charge < -0.3 is 29.7 Å². The van der Waals surface area contributed by atoms with Gasteiger partial charge in [0.2, 0.25) is 5.91 Å². The van der Waals surface area contributed by atoms with E-state index in [1.54, 1.807) is 0 Å². The van der Waals surface area contributed by atoms with E-state index in [1.807, 2.05) is 60.7 Å². The first kappa shape index (κ1) is 22.1. The Bertz CT molecular complexity index is 851. The zero-order valence-corrected chi connectivity index (χ0v) is 18.7. The van der Waals surface area contributed by atoms with Crippen LogP contribution in [0.3, 0.4) is 0 Å². The third-order valence-electron chi connectivity index (χ3n) is 5.40. The van der Waals surface area contributed by atoms with Gasteiger partial charge in [-0.25, -0.2) is 9.13 Å². The molecule has 0 spiro atoms. The molecule has 3 aromatic rings. The van der Waals surface area contributed by atoms with Crippen LogP contribution in [0.4, 0.5) is 0 Å². The van der Waals surface area contributed by atoms with E-state index in [-0.39, 0.29) is 29.9 Å². The fraction of sp³-hybridized carbons (Fsp3) is 0.304. The average molecular weight is 489 g/mol. The maximum absolute atomic E-state index is 12.8. The summed E-state index contributed by atoms with van der Waals surface area (Å²) in [4.78, 5) is 12.8. The van der Waals surface area contributed by atoms with E-state index in [4.69, 9.17) is 5.73 Å². The number of aryl methyl sites for hydroxylation is 2. The van der Waals surface area contributed by atoms with E-state index >= 15 is 0 Å². The summed E-state index contributed by atoms with van der Waals surface area (Å²) in [7, 11) is 0. The molecule has 1 aromatic heterocycles. The van der Waals surface area contributed by atoms with Crippen molar-refractivity contribution in [3.63, 3.8) is 0 Å². The Labute approximate surface area is 184 Å². The second-order valence-electron chi connectivity index (χ2n) is 6.98. The minimum atomic E-state index is -0.852. The van der Waals surface area contributed by atoms with Crippen LogP contribution in [0.2, 0.25) is 0 Å². The van der Waals surface area contributed by atoms with Crippen molar-refractivity contribution in [1.82, 2.24) is 4.57 Å². The van der Waals surface area contributed by atoms with Crippen molar-refractivity contribution in [1.29, 1.82) is 0 Å². The Morgan fingerprint density at radius 2 is 1.57 bits per heavy atom. The quantitative estimate of drug-likeness (QED) is 0.361. The number of benzene rings is 2. The van der Waals surface area contributed by atoms with Gasteiger partial charge in [0.05, 0.1) is 13.1 Å². The third kappa shape index (κ3) is 4.29. The maximum atomic E-state index is 12.8. The highest BCUT2D eigenvalue weighted by Gasteiger charge is 2.40. The van der Waals surface area contributed by atoms with E-state index in [0.717, 1.165) is 30.6 Å². The van der Waals surface area contributed by atoms with E-state index in [2.05, 4.69) is 35.4 Å². The summed E-state index contributed by atoms with van der Waals surface area (Å²) in [5.74, 6) is 0.877. The third-order valence-corrected chi connectivity index (χ3v) is 5.40. The molecule has 0 bridgehead atoms. The Balaban J connectivity index is 0.00000280. The summed E-state index contributed by atoms with van der Waals surface area (Å²) in [6, 6.07) is 19.8. The monoisotopic (exact) mass is 489 g/mol. The Morgan fingerprint density at radius 3 is 2.04 bits per heavy atom. The van der Waals surface area contributed by atoms with Crippen LogP contribution < -0.4 is 34.3 Å². The summed E-state index contributed by atoms with van der Waals surface area (Å²) in [5, 5.41) is 0. The fourth-order valence-corrected chi connectivity index (χ4v) is 3.85. The number of imidazole rings is 1. The van der Waals surface area contributed by atoms with Crippen molar-refractivity contribution in [2.75, 3.05) is 0 Å². The van der Waals surface area contributed by atoms with Gasteiger partial charge in [0.25, 0.3) is 5.82 Å². The molecule has 0 radical (unpaired) electrons. The maximum Gasteiger partial charge on any atom is 0.253 e. The molecule has 1 amide bonds. The number of carbonyl (C=O) groups is 1. The number of amides is 1. The Hall–Kier alpha value is -2.15. The number of rotatable bonds is 8. The van der Waals surface area contributed by atoms with Crippen molar-refractivity contribution in [3.05, 3.63) is 90.0 Å². The lowest BCUT2D eigenvalue weighted by molar-refractivity contribution is -0.702. The first-order valence-electron chi connectivity index (χ1n) is 9.55. The molecule has 4 nitrogen and oxygen atoms in total. The van der Waals surface area contributed by atoms with Gasteiger partial charge in [0.15, 0.2) is 0 Å². The number of primary amides is 1. The molecular weight excluding hydrogens is 461 g/mol. The van der Waals surface area contributed by atoms with E-state index in [1.165, 1.54) is 5.82 Å². The molecule has 1 heterocycles.